The van der Waals surface area contributed by atoms with Crippen LogP contribution in [-0.4, -0.2) is 25.3 Å². The molecule has 1 heterocycles. The number of aliphatic carboxylic acids is 1. The molecule has 0 fully saturated rings. The maximum atomic E-state index is 11.4. The van der Waals surface area contributed by atoms with Crippen LogP contribution in [0.2, 0.25) is 0 Å². The molecule has 0 aliphatic carbocycles. The van der Waals surface area contributed by atoms with E-state index in [0.29, 0.717) is 17.1 Å². The summed E-state index contributed by atoms with van der Waals surface area (Å²) in [6, 6.07) is 7.70. The van der Waals surface area contributed by atoms with Crippen molar-refractivity contribution < 1.29 is 24.1 Å². The first kappa shape index (κ1) is 17.1. The van der Waals surface area contributed by atoms with E-state index in [1.165, 1.54) is 7.11 Å². The van der Waals surface area contributed by atoms with Crippen LogP contribution in [0.1, 0.15) is 36.1 Å². The number of ether oxygens (including phenoxy) is 3. The summed E-state index contributed by atoms with van der Waals surface area (Å²) in [5.41, 5.74) is 3.10. The molecule has 3 rings (SSSR count). The van der Waals surface area contributed by atoms with Gasteiger partial charge in [-0.2, -0.15) is 0 Å². The number of carboxylic acid groups (broad SMARTS) is 1. The molecular weight excluding hydrogens is 320 g/mol. The number of fused-ring (bicyclic) bond motifs is 2. The first-order valence-corrected chi connectivity index (χ1v) is 8.09. The average Bonchev–Trinajstić information content (AvgIpc) is 2.56. The molecule has 0 bridgehead atoms. The zero-order chi connectivity index (χ0) is 18.4. The molecule has 1 aliphatic rings. The summed E-state index contributed by atoms with van der Waals surface area (Å²) in [6.45, 7) is 6.15. The summed E-state index contributed by atoms with van der Waals surface area (Å²) in [4.78, 5) is 11.4. The first-order chi connectivity index (χ1) is 11.8. The van der Waals surface area contributed by atoms with Gasteiger partial charge < -0.3 is 19.3 Å². The molecule has 1 aliphatic heterocycles. The summed E-state index contributed by atoms with van der Waals surface area (Å²) in [7, 11) is 3.15. The highest BCUT2D eigenvalue weighted by Crippen LogP contribution is 2.53. The smallest absolute Gasteiger partial charge is 0.308 e. The summed E-state index contributed by atoms with van der Waals surface area (Å²) in [6.07, 6.45) is -0.166. The summed E-state index contributed by atoms with van der Waals surface area (Å²) >= 11 is 0. The molecular formula is C20H22O5. The van der Waals surface area contributed by atoms with Crippen molar-refractivity contribution in [2.45, 2.75) is 32.6 Å². The highest BCUT2D eigenvalue weighted by molar-refractivity contribution is 5.75. The minimum Gasteiger partial charge on any atom is -0.496 e. The second-order valence-electron chi connectivity index (χ2n) is 6.69. The van der Waals surface area contributed by atoms with Crippen molar-refractivity contribution in [1.82, 2.24) is 0 Å². The van der Waals surface area contributed by atoms with E-state index in [4.69, 9.17) is 14.2 Å². The van der Waals surface area contributed by atoms with E-state index in [9.17, 15) is 9.90 Å². The number of hydrogen-bond donors (Lipinski definition) is 1. The van der Waals surface area contributed by atoms with Crippen LogP contribution >= 0.6 is 0 Å². The van der Waals surface area contributed by atoms with E-state index in [-0.39, 0.29) is 11.8 Å². The van der Waals surface area contributed by atoms with Gasteiger partial charge in [0.15, 0.2) is 0 Å². The second kappa shape index (κ2) is 5.99. The van der Waals surface area contributed by atoms with Crippen molar-refractivity contribution in [3.05, 3.63) is 46.5 Å². The van der Waals surface area contributed by atoms with E-state index in [1.54, 1.807) is 7.11 Å². The fraction of sp³-hybridized carbons (Fsp3) is 0.350. The third-order valence-electron chi connectivity index (χ3n) is 4.89. The standard InChI is InChI=1S/C20H22O5/c1-11-15(23-4)8-6-13-18(11)25-19-12(10-17(21)22)16(24-5)9-7-14(19)20(13,2)3/h6-9H,10H2,1-5H3,(H,21,22). The molecule has 5 nitrogen and oxygen atoms in total. The monoisotopic (exact) mass is 342 g/mol. The van der Waals surface area contributed by atoms with Gasteiger partial charge in [0.05, 0.1) is 20.6 Å². The van der Waals surface area contributed by atoms with Crippen molar-refractivity contribution in [2.24, 2.45) is 0 Å². The molecule has 0 radical (unpaired) electrons. The second-order valence-corrected chi connectivity index (χ2v) is 6.69. The molecule has 2 aromatic rings. The number of rotatable bonds is 4. The van der Waals surface area contributed by atoms with Crippen molar-refractivity contribution >= 4 is 5.97 Å². The highest BCUT2D eigenvalue weighted by Gasteiger charge is 2.38. The lowest BCUT2D eigenvalue weighted by molar-refractivity contribution is -0.136. The Morgan fingerprint density at radius 1 is 1.04 bits per heavy atom. The quantitative estimate of drug-likeness (QED) is 0.907. The number of carboxylic acids is 1. The fourth-order valence-electron chi connectivity index (χ4n) is 3.49. The molecule has 0 saturated heterocycles. The van der Waals surface area contributed by atoms with Gasteiger partial charge in [-0.1, -0.05) is 26.0 Å². The van der Waals surface area contributed by atoms with Gasteiger partial charge in [-0.3, -0.25) is 4.79 Å². The molecule has 25 heavy (non-hydrogen) atoms. The Morgan fingerprint density at radius 3 is 2.16 bits per heavy atom. The van der Waals surface area contributed by atoms with Gasteiger partial charge in [-0.25, -0.2) is 0 Å². The number of carbonyl (C=O) groups is 1. The summed E-state index contributed by atoms with van der Waals surface area (Å²) < 4.78 is 17.0. The van der Waals surface area contributed by atoms with Gasteiger partial charge in [0.25, 0.3) is 0 Å². The Balaban J connectivity index is 2.28. The maximum absolute atomic E-state index is 11.4. The Kier molecular flexibility index (Phi) is 4.11. The van der Waals surface area contributed by atoms with Crippen LogP contribution in [-0.2, 0) is 16.6 Å². The van der Waals surface area contributed by atoms with Crippen molar-refractivity contribution in [2.75, 3.05) is 14.2 Å². The van der Waals surface area contributed by atoms with Crippen LogP contribution in [0.5, 0.6) is 23.0 Å². The largest absolute Gasteiger partial charge is 0.496 e. The number of methoxy groups -OCH3 is 2. The normalized spacial score (nSPS) is 14.1. The molecule has 0 aromatic heterocycles. The maximum Gasteiger partial charge on any atom is 0.308 e. The SMILES string of the molecule is COc1ccc2c(c1C)Oc1c(ccc(OC)c1CC(=O)O)C2(C)C. The van der Waals surface area contributed by atoms with Crippen LogP contribution < -0.4 is 14.2 Å². The van der Waals surface area contributed by atoms with Crippen molar-refractivity contribution in [3.8, 4) is 23.0 Å². The molecule has 2 aromatic carbocycles. The lowest BCUT2D eigenvalue weighted by atomic mass is 9.74. The van der Waals surface area contributed by atoms with Crippen molar-refractivity contribution in [1.29, 1.82) is 0 Å². The van der Waals surface area contributed by atoms with E-state index in [1.807, 2.05) is 31.2 Å². The highest BCUT2D eigenvalue weighted by atomic mass is 16.5. The molecule has 132 valence electrons. The molecule has 0 saturated carbocycles. The van der Waals surface area contributed by atoms with Crippen LogP contribution in [0, 0.1) is 6.92 Å². The van der Waals surface area contributed by atoms with Gasteiger partial charge in [0.2, 0.25) is 0 Å². The molecule has 0 unspecified atom stereocenters. The van der Waals surface area contributed by atoms with Crippen LogP contribution in [0.3, 0.4) is 0 Å². The third kappa shape index (κ3) is 2.60. The third-order valence-corrected chi connectivity index (χ3v) is 4.89. The molecule has 0 atom stereocenters. The topological polar surface area (TPSA) is 65.0 Å². The van der Waals surface area contributed by atoms with E-state index < -0.39 is 5.97 Å². The Labute approximate surface area is 147 Å². The minimum atomic E-state index is -0.929. The lowest BCUT2D eigenvalue weighted by Crippen LogP contribution is -2.26. The predicted molar refractivity (Wildman–Crippen MR) is 94.3 cm³/mol. The summed E-state index contributed by atoms with van der Waals surface area (Å²) in [5.74, 6) is 1.61. The summed E-state index contributed by atoms with van der Waals surface area (Å²) in [5, 5.41) is 9.32. The van der Waals surface area contributed by atoms with Gasteiger partial charge in [-0.05, 0) is 19.1 Å². The van der Waals surface area contributed by atoms with Gasteiger partial charge in [0.1, 0.15) is 23.0 Å². The van der Waals surface area contributed by atoms with Crippen LogP contribution in [0.15, 0.2) is 24.3 Å². The minimum absolute atomic E-state index is 0.166. The zero-order valence-corrected chi connectivity index (χ0v) is 15.1. The number of hydrogen-bond acceptors (Lipinski definition) is 4. The molecule has 0 spiro atoms. The molecule has 0 amide bonds. The van der Waals surface area contributed by atoms with Gasteiger partial charge in [-0.15, -0.1) is 0 Å². The van der Waals surface area contributed by atoms with E-state index in [0.717, 1.165) is 28.2 Å². The fourth-order valence-corrected chi connectivity index (χ4v) is 3.49. The van der Waals surface area contributed by atoms with Crippen LogP contribution in [0.25, 0.3) is 0 Å². The Bertz CT molecular complexity index is 852. The van der Waals surface area contributed by atoms with Crippen LogP contribution in [0.4, 0.5) is 0 Å². The van der Waals surface area contributed by atoms with E-state index in [2.05, 4.69) is 13.8 Å². The predicted octanol–water partition coefficient (Wildman–Crippen LogP) is 4.07. The molecule has 5 heteroatoms. The Hall–Kier alpha value is -2.69. The van der Waals surface area contributed by atoms with Crippen molar-refractivity contribution in [3.63, 3.8) is 0 Å². The lowest BCUT2D eigenvalue weighted by Gasteiger charge is -2.36. The van der Waals surface area contributed by atoms with Gasteiger partial charge >= 0.3 is 5.97 Å². The number of benzene rings is 2. The Morgan fingerprint density at radius 2 is 1.60 bits per heavy atom. The first-order valence-electron chi connectivity index (χ1n) is 8.09. The zero-order valence-electron chi connectivity index (χ0n) is 15.1. The van der Waals surface area contributed by atoms with Gasteiger partial charge in [0, 0.05) is 27.7 Å². The average molecular weight is 342 g/mol. The van der Waals surface area contributed by atoms with E-state index >= 15 is 0 Å². The molecule has 1 N–H and O–H groups in total.